The molecule has 0 aliphatic rings. The predicted octanol–water partition coefficient (Wildman–Crippen LogP) is 0.563. The molecular weight excluding hydrogens is 196 g/mol. The molecule has 1 heterocycles. The Bertz CT molecular complexity index is 323. The lowest BCUT2D eigenvalue weighted by atomic mass is 10.6. The highest BCUT2D eigenvalue weighted by molar-refractivity contribution is 6.29. The van der Waals surface area contributed by atoms with Crippen molar-refractivity contribution in [1.29, 1.82) is 0 Å². The van der Waals surface area contributed by atoms with Crippen LogP contribution < -0.4 is 10.8 Å². The Morgan fingerprint density at radius 1 is 1.69 bits per heavy atom. The highest BCUT2D eigenvalue weighted by Gasteiger charge is 2.05. The topological polar surface area (TPSA) is 95.2 Å². The Hall–Kier alpha value is -1.40. The molecule has 0 saturated heterocycles. The fraction of sp³-hybridized carbons (Fsp3) is 0.167. The smallest absolute Gasteiger partial charge is 0.224 e. The molecule has 2 N–H and O–H groups in total. The number of amides is 1. The molecule has 13 heavy (non-hydrogen) atoms. The van der Waals surface area contributed by atoms with Crippen LogP contribution in [-0.4, -0.2) is 15.9 Å². The van der Waals surface area contributed by atoms with E-state index in [0.717, 1.165) is 6.92 Å². The quantitative estimate of drug-likeness (QED) is 0.529. The molecule has 0 aromatic carbocycles. The van der Waals surface area contributed by atoms with Crippen molar-refractivity contribution in [1.82, 2.24) is 9.97 Å². The number of halogens is 1. The van der Waals surface area contributed by atoms with Crippen LogP contribution in [0.1, 0.15) is 6.92 Å². The summed E-state index contributed by atoms with van der Waals surface area (Å²) in [6.45, 7) is 1.09. The second-order valence-electron chi connectivity index (χ2n) is 2.23. The summed E-state index contributed by atoms with van der Waals surface area (Å²) in [5.74, 6) is -1.05. The van der Waals surface area contributed by atoms with E-state index < -0.39 is 5.91 Å². The summed E-state index contributed by atoms with van der Waals surface area (Å²) in [6.07, 6.45) is 0. The van der Waals surface area contributed by atoms with Gasteiger partial charge in [0.05, 0.1) is 0 Å². The number of nitrogens with zero attached hydrogens (tertiary/aromatic N) is 3. The molecule has 6 nitrogen and oxygen atoms in total. The summed E-state index contributed by atoms with van der Waals surface area (Å²) in [4.78, 5) is 17.7. The highest BCUT2D eigenvalue weighted by Crippen LogP contribution is 2.14. The third-order valence-electron chi connectivity index (χ3n) is 1.17. The molecule has 1 rings (SSSR count). The number of hydrogen-bond donors (Lipinski definition) is 1. The molecule has 0 saturated carbocycles. The van der Waals surface area contributed by atoms with Gasteiger partial charge in [-0.1, -0.05) is 11.6 Å². The monoisotopic (exact) mass is 201 g/mol. The van der Waals surface area contributed by atoms with E-state index in [1.165, 1.54) is 6.07 Å². The van der Waals surface area contributed by atoms with E-state index in [-0.39, 0.29) is 22.0 Å². The zero-order valence-corrected chi connectivity index (χ0v) is 7.45. The van der Waals surface area contributed by atoms with E-state index in [0.29, 0.717) is 0 Å². The number of nitrogen functional groups attached to an aromatic ring is 1. The number of carbonyl (C=O) groups excluding carboxylic acids is 1. The minimum absolute atomic E-state index is 0.0161. The Morgan fingerprint density at radius 3 is 2.77 bits per heavy atom. The average molecular weight is 202 g/mol. The van der Waals surface area contributed by atoms with E-state index >= 15 is 0 Å². The third kappa shape index (κ3) is 2.27. The van der Waals surface area contributed by atoms with E-state index in [9.17, 15) is 10.0 Å². The number of carbonyl (C=O) groups is 1. The molecule has 1 amide bonds. The second-order valence-corrected chi connectivity index (χ2v) is 2.62. The predicted molar refractivity (Wildman–Crippen MR) is 48.0 cm³/mol. The number of rotatable bonds is 1. The van der Waals surface area contributed by atoms with Gasteiger partial charge < -0.3 is 16.0 Å². The van der Waals surface area contributed by atoms with Crippen molar-refractivity contribution in [3.63, 3.8) is 0 Å². The van der Waals surface area contributed by atoms with Crippen molar-refractivity contribution in [2.24, 2.45) is 0 Å². The molecule has 0 radical (unpaired) electrons. The van der Waals surface area contributed by atoms with Gasteiger partial charge in [-0.05, 0) is 0 Å². The first-order valence-corrected chi connectivity index (χ1v) is 3.66. The molecule has 1 aromatic rings. The van der Waals surface area contributed by atoms with Crippen LogP contribution >= 0.6 is 11.6 Å². The molecule has 0 bridgehead atoms. The van der Waals surface area contributed by atoms with Gasteiger partial charge in [0.15, 0.2) is 0 Å². The lowest BCUT2D eigenvalue weighted by molar-refractivity contribution is -0.116. The molecular formula is C6H6ClN4O2-. The van der Waals surface area contributed by atoms with Gasteiger partial charge in [-0.25, -0.2) is 4.98 Å². The molecule has 0 fully saturated rings. The lowest BCUT2D eigenvalue weighted by Gasteiger charge is -2.23. The summed E-state index contributed by atoms with van der Waals surface area (Å²) in [5.41, 5.74) is 5.28. The molecule has 0 aliphatic carbocycles. The van der Waals surface area contributed by atoms with Gasteiger partial charge in [-0.15, -0.1) is 0 Å². The number of nitrogens with two attached hydrogens (primary N) is 1. The molecule has 0 aliphatic heterocycles. The molecule has 1 aromatic heterocycles. The van der Waals surface area contributed by atoms with Gasteiger partial charge in [0.25, 0.3) is 0 Å². The second kappa shape index (κ2) is 3.55. The highest BCUT2D eigenvalue weighted by atomic mass is 35.5. The summed E-state index contributed by atoms with van der Waals surface area (Å²) in [6, 6.07) is 1.28. The van der Waals surface area contributed by atoms with Gasteiger partial charge in [0, 0.05) is 13.0 Å². The van der Waals surface area contributed by atoms with Gasteiger partial charge in [-0.3, -0.25) is 4.79 Å². The van der Waals surface area contributed by atoms with Crippen molar-refractivity contribution in [3.05, 3.63) is 16.4 Å². The largest absolute Gasteiger partial charge is 0.749 e. The maximum atomic E-state index is 11.0. The van der Waals surface area contributed by atoms with Gasteiger partial charge in [-0.2, -0.15) is 4.98 Å². The van der Waals surface area contributed by atoms with Crippen LogP contribution in [0.3, 0.4) is 0 Å². The summed E-state index contributed by atoms with van der Waals surface area (Å²) in [5, 5.41) is 11.0. The Kier molecular flexibility index (Phi) is 2.64. The maximum absolute atomic E-state index is 11.0. The van der Waals surface area contributed by atoms with Crippen LogP contribution in [0.2, 0.25) is 5.15 Å². The molecule has 70 valence electrons. The lowest BCUT2D eigenvalue weighted by Crippen LogP contribution is -2.23. The average Bonchev–Trinajstić information content (AvgIpc) is 2.01. The molecule has 0 atom stereocenters. The summed E-state index contributed by atoms with van der Waals surface area (Å²) < 4.78 is 0. The molecule has 7 heteroatoms. The number of hydroxylamine groups is 1. The minimum atomic E-state index is -0.735. The number of aromatic nitrogens is 2. The van der Waals surface area contributed by atoms with Crippen molar-refractivity contribution in [2.75, 3.05) is 10.8 Å². The fourth-order valence-electron chi connectivity index (χ4n) is 0.654. The van der Waals surface area contributed by atoms with E-state index in [4.69, 9.17) is 17.3 Å². The van der Waals surface area contributed by atoms with Gasteiger partial charge >= 0.3 is 0 Å². The van der Waals surface area contributed by atoms with E-state index in [2.05, 4.69) is 9.97 Å². The first-order chi connectivity index (χ1) is 6.00. The van der Waals surface area contributed by atoms with E-state index in [1.807, 2.05) is 0 Å². The van der Waals surface area contributed by atoms with Crippen LogP contribution in [0.5, 0.6) is 0 Å². The van der Waals surface area contributed by atoms with Crippen molar-refractivity contribution < 1.29 is 4.79 Å². The third-order valence-corrected chi connectivity index (χ3v) is 1.36. The van der Waals surface area contributed by atoms with Crippen LogP contribution in [0, 0.1) is 5.21 Å². The maximum Gasteiger partial charge on any atom is 0.224 e. The van der Waals surface area contributed by atoms with Gasteiger partial charge in [0.1, 0.15) is 11.0 Å². The molecule has 0 spiro atoms. The number of hydrogen-bond acceptors (Lipinski definition) is 5. The molecule has 0 unspecified atom stereocenters. The first kappa shape index (κ1) is 9.69. The normalized spacial score (nSPS) is 9.77. The van der Waals surface area contributed by atoms with Crippen LogP contribution in [-0.2, 0) is 4.79 Å². The van der Waals surface area contributed by atoms with Crippen LogP contribution in [0.15, 0.2) is 6.07 Å². The Labute approximate surface area is 78.9 Å². The van der Waals surface area contributed by atoms with Crippen molar-refractivity contribution in [2.45, 2.75) is 6.92 Å². The number of anilines is 2. The zero-order chi connectivity index (χ0) is 10.0. The van der Waals surface area contributed by atoms with Crippen molar-refractivity contribution >= 4 is 29.3 Å². The van der Waals surface area contributed by atoms with Crippen LogP contribution in [0.4, 0.5) is 11.8 Å². The van der Waals surface area contributed by atoms with Gasteiger partial charge in [0.2, 0.25) is 11.9 Å². The SMILES string of the molecule is CC(=O)N([O-])c1nc(N)cc(Cl)n1. The summed E-state index contributed by atoms with van der Waals surface area (Å²) in [7, 11) is 0. The minimum Gasteiger partial charge on any atom is -0.749 e. The van der Waals surface area contributed by atoms with Crippen molar-refractivity contribution in [3.8, 4) is 0 Å². The standard InChI is InChI=1S/C6H6ClN4O2/c1-3(12)11(13)6-9-4(7)2-5(8)10-6/h2H,1H3,(H2,8,9,10)/q-1. The Morgan fingerprint density at radius 2 is 2.31 bits per heavy atom. The Balaban J connectivity index is 3.07. The fourth-order valence-corrected chi connectivity index (χ4v) is 0.842. The zero-order valence-electron chi connectivity index (χ0n) is 6.69. The summed E-state index contributed by atoms with van der Waals surface area (Å²) >= 11 is 5.49. The van der Waals surface area contributed by atoms with Crippen LogP contribution in [0.25, 0.3) is 0 Å². The first-order valence-electron chi connectivity index (χ1n) is 3.28. The van der Waals surface area contributed by atoms with E-state index in [1.54, 1.807) is 0 Å².